The summed E-state index contributed by atoms with van der Waals surface area (Å²) in [5.41, 5.74) is 5.42. The molecule has 0 aliphatic carbocycles. The number of carbonyl (C=O) groups is 2. The molecule has 0 amide bonds. The summed E-state index contributed by atoms with van der Waals surface area (Å²) in [7, 11) is -4.40. The number of unbranched alkanes of at least 4 members (excludes halogenated alkanes) is 47. The van der Waals surface area contributed by atoms with E-state index >= 15 is 0 Å². The first kappa shape index (κ1) is 93.7. The molecule has 0 heterocycles. The highest BCUT2D eigenvalue weighted by atomic mass is 31.2. The van der Waals surface area contributed by atoms with Crippen molar-refractivity contribution < 1.29 is 37.6 Å². The Balaban J connectivity index is 3.78. The summed E-state index contributed by atoms with van der Waals surface area (Å²) in [6.45, 7) is 3.67. The van der Waals surface area contributed by atoms with E-state index < -0.39 is 26.5 Å². The number of esters is 2. The fourth-order valence-electron chi connectivity index (χ4n) is 12.1. The third-order valence-corrected chi connectivity index (χ3v) is 19.1. The lowest BCUT2D eigenvalue weighted by Gasteiger charge is -2.19. The van der Waals surface area contributed by atoms with Gasteiger partial charge in [-0.15, -0.1) is 0 Å². The number of hydrogen-bond donors (Lipinski definition) is 2. The van der Waals surface area contributed by atoms with Crippen LogP contribution >= 0.6 is 7.82 Å². The zero-order valence-electron chi connectivity index (χ0n) is 63.6. The van der Waals surface area contributed by atoms with Gasteiger partial charge >= 0.3 is 19.8 Å². The van der Waals surface area contributed by atoms with Crippen molar-refractivity contribution >= 4 is 19.8 Å². The van der Waals surface area contributed by atoms with Gasteiger partial charge in [-0.05, 0) is 103 Å². The van der Waals surface area contributed by atoms with Crippen molar-refractivity contribution in [3.63, 3.8) is 0 Å². The molecule has 2 unspecified atom stereocenters. The third kappa shape index (κ3) is 81.5. The molecule has 0 aromatic heterocycles. The van der Waals surface area contributed by atoms with E-state index in [1.165, 1.54) is 276 Å². The second-order valence-electron chi connectivity index (χ2n) is 27.6. The minimum Gasteiger partial charge on any atom is -0.462 e. The van der Waals surface area contributed by atoms with Crippen molar-refractivity contribution in [3.05, 3.63) is 109 Å². The first-order valence-corrected chi connectivity index (χ1v) is 42.9. The van der Waals surface area contributed by atoms with Crippen LogP contribution in [-0.2, 0) is 32.7 Å². The highest BCUT2D eigenvalue weighted by molar-refractivity contribution is 7.47. The molecule has 0 aliphatic rings. The van der Waals surface area contributed by atoms with Gasteiger partial charge in [0.15, 0.2) is 6.10 Å². The Morgan fingerprint density at radius 1 is 0.320 bits per heavy atom. The number of nitrogens with two attached hydrogens (primary N) is 1. The second-order valence-corrected chi connectivity index (χ2v) is 29.1. The normalized spacial score (nSPS) is 13.4. The minimum atomic E-state index is -4.40. The van der Waals surface area contributed by atoms with E-state index in [1.54, 1.807) is 0 Å². The molecule has 0 fully saturated rings. The molecule has 0 saturated carbocycles. The van der Waals surface area contributed by atoms with Gasteiger partial charge in [0.2, 0.25) is 0 Å². The summed E-state index contributed by atoms with van der Waals surface area (Å²) in [5.74, 6) is -0.812. The molecule has 3 N–H and O–H groups in total. The largest absolute Gasteiger partial charge is 0.472 e. The Labute approximate surface area is 600 Å². The molecular formula is C87H156NO8P. The second kappa shape index (κ2) is 81.6. The molecule has 562 valence electrons. The van der Waals surface area contributed by atoms with Crippen molar-refractivity contribution in [1.82, 2.24) is 0 Å². The van der Waals surface area contributed by atoms with Gasteiger partial charge < -0.3 is 20.1 Å². The topological polar surface area (TPSA) is 134 Å². The Bertz CT molecular complexity index is 1970. The molecule has 10 heteroatoms. The quantitative estimate of drug-likeness (QED) is 0.0264. The van der Waals surface area contributed by atoms with Crippen LogP contribution in [0.15, 0.2) is 109 Å². The van der Waals surface area contributed by atoms with Crippen molar-refractivity contribution in [2.24, 2.45) is 5.73 Å². The van der Waals surface area contributed by atoms with Crippen molar-refractivity contribution in [3.8, 4) is 0 Å². The Morgan fingerprint density at radius 3 is 0.845 bits per heavy atom. The standard InChI is InChI=1S/C87H156NO8P/c1-3-5-7-9-11-13-15-17-19-21-23-25-27-29-31-33-35-37-39-41-42-44-45-47-49-51-53-55-57-59-61-63-65-67-69-71-73-75-77-79-86(89)93-83-85(84-95-97(91,92)94-82-81-88)96-87(90)80-78-76-74-72-70-68-66-64-62-60-58-56-54-52-50-48-46-43-40-38-36-34-32-30-28-26-24-22-20-18-16-14-12-10-8-6-4-2/h6,8,12,14-15,17-18,20-21,23-24,26,30,32,36,38,43,46,85H,3-5,7,9-11,13,16,19,22,25,27-29,31,33-35,37,39-42,44-45,47-84,88H2,1-2H3,(H,91,92)/b8-6-,14-12-,17-15-,20-18-,23-21-,26-24-,32-30-,38-36-,46-43-. The predicted octanol–water partition coefficient (Wildman–Crippen LogP) is 28.0. The zero-order chi connectivity index (χ0) is 70.0. The number of hydrogen-bond acceptors (Lipinski definition) is 8. The van der Waals surface area contributed by atoms with Crippen LogP contribution < -0.4 is 5.73 Å². The van der Waals surface area contributed by atoms with Gasteiger partial charge in [-0.2, -0.15) is 0 Å². The van der Waals surface area contributed by atoms with Crippen LogP contribution in [0.2, 0.25) is 0 Å². The average Bonchev–Trinajstić information content (AvgIpc) is 2.17. The van der Waals surface area contributed by atoms with Gasteiger partial charge in [-0.3, -0.25) is 18.6 Å². The van der Waals surface area contributed by atoms with E-state index in [1.807, 2.05) is 0 Å². The van der Waals surface area contributed by atoms with Crippen LogP contribution in [0.3, 0.4) is 0 Å². The molecule has 0 spiro atoms. The minimum absolute atomic E-state index is 0.0522. The highest BCUT2D eigenvalue weighted by Gasteiger charge is 2.26. The van der Waals surface area contributed by atoms with Gasteiger partial charge in [-0.25, -0.2) is 4.57 Å². The van der Waals surface area contributed by atoms with Crippen molar-refractivity contribution in [1.29, 1.82) is 0 Å². The van der Waals surface area contributed by atoms with Gasteiger partial charge in [0.25, 0.3) is 0 Å². The van der Waals surface area contributed by atoms with Gasteiger partial charge in [-0.1, -0.05) is 393 Å². The number of phosphoric acid groups is 1. The van der Waals surface area contributed by atoms with Crippen LogP contribution in [0.25, 0.3) is 0 Å². The van der Waals surface area contributed by atoms with Gasteiger partial charge in [0.05, 0.1) is 13.2 Å². The van der Waals surface area contributed by atoms with Crippen molar-refractivity contribution in [2.45, 2.75) is 405 Å². The SMILES string of the molecule is CC/C=C\C/C=C\C/C=C\C/C=C\C/C=C\C/C=C\C/C=C\CCCCCCCCCCCCCCCCCC(=O)OC(COC(=O)CCCCCCCCCCCCCCCCCCCCCCCCCCCCC/C=C\C/C=C\CCCCCCC)COP(=O)(O)OCCN. The lowest BCUT2D eigenvalue weighted by atomic mass is 10.0. The lowest BCUT2D eigenvalue weighted by molar-refractivity contribution is -0.161. The number of phosphoric ester groups is 1. The maximum absolute atomic E-state index is 12.8. The summed E-state index contributed by atoms with van der Waals surface area (Å²) in [4.78, 5) is 35.5. The maximum atomic E-state index is 12.8. The van der Waals surface area contributed by atoms with Crippen LogP contribution in [0.1, 0.15) is 399 Å². The monoisotopic (exact) mass is 1370 g/mol. The van der Waals surface area contributed by atoms with Crippen LogP contribution in [-0.4, -0.2) is 49.3 Å². The smallest absolute Gasteiger partial charge is 0.462 e. The fourth-order valence-corrected chi connectivity index (χ4v) is 12.8. The summed E-state index contributed by atoms with van der Waals surface area (Å²) >= 11 is 0. The molecule has 0 saturated heterocycles. The highest BCUT2D eigenvalue weighted by Crippen LogP contribution is 2.43. The number of carbonyl (C=O) groups excluding carboxylic acids is 2. The number of rotatable bonds is 78. The molecule has 0 aliphatic heterocycles. The van der Waals surface area contributed by atoms with Crippen molar-refractivity contribution in [2.75, 3.05) is 26.4 Å². The lowest BCUT2D eigenvalue weighted by Crippen LogP contribution is -2.29. The van der Waals surface area contributed by atoms with E-state index in [-0.39, 0.29) is 38.6 Å². The summed E-state index contributed by atoms with van der Waals surface area (Å²) in [6.07, 6.45) is 114. The first-order valence-electron chi connectivity index (χ1n) is 41.4. The average molecular weight is 1380 g/mol. The van der Waals surface area contributed by atoms with E-state index in [9.17, 15) is 19.0 Å². The van der Waals surface area contributed by atoms with Gasteiger partial charge in [0.1, 0.15) is 6.61 Å². The number of allylic oxidation sites excluding steroid dienone is 18. The molecule has 97 heavy (non-hydrogen) atoms. The molecule has 0 radical (unpaired) electrons. The Morgan fingerprint density at radius 2 is 0.567 bits per heavy atom. The summed E-state index contributed by atoms with van der Waals surface area (Å²) < 4.78 is 33.3. The third-order valence-electron chi connectivity index (χ3n) is 18.1. The van der Waals surface area contributed by atoms with Crippen LogP contribution in [0, 0.1) is 0 Å². The molecule has 2 atom stereocenters. The van der Waals surface area contributed by atoms with Crippen LogP contribution in [0.4, 0.5) is 0 Å². The zero-order valence-corrected chi connectivity index (χ0v) is 64.4. The van der Waals surface area contributed by atoms with Crippen LogP contribution in [0.5, 0.6) is 0 Å². The van der Waals surface area contributed by atoms with E-state index in [0.29, 0.717) is 6.42 Å². The predicted molar refractivity (Wildman–Crippen MR) is 422 cm³/mol. The molecular weight excluding hydrogens is 1220 g/mol. The summed E-state index contributed by atoms with van der Waals surface area (Å²) in [5, 5.41) is 0. The first-order chi connectivity index (χ1) is 47.8. The molecule has 0 bridgehead atoms. The maximum Gasteiger partial charge on any atom is 0.472 e. The molecule has 9 nitrogen and oxygen atoms in total. The van der Waals surface area contributed by atoms with E-state index in [0.717, 1.165) is 89.9 Å². The Kier molecular flexibility index (Phi) is 78.8. The summed E-state index contributed by atoms with van der Waals surface area (Å²) in [6, 6.07) is 0. The number of ether oxygens (including phenoxy) is 2. The Hall–Kier alpha value is -3.33. The van der Waals surface area contributed by atoms with Gasteiger partial charge in [0, 0.05) is 19.4 Å². The van der Waals surface area contributed by atoms with E-state index in [2.05, 4.69) is 123 Å². The molecule has 0 aromatic carbocycles. The molecule has 0 aromatic rings. The fraction of sp³-hybridized carbons (Fsp3) is 0.770. The van der Waals surface area contributed by atoms with E-state index in [4.69, 9.17) is 24.3 Å². The molecule has 0 rings (SSSR count).